The molecule has 0 aromatic rings. The van der Waals surface area contributed by atoms with Gasteiger partial charge in [0.25, 0.3) is 0 Å². The molecular formula is C11H16O2. The number of esters is 1. The van der Waals surface area contributed by atoms with E-state index in [-0.39, 0.29) is 11.4 Å². The highest BCUT2D eigenvalue weighted by Gasteiger charge is 2.57. The Kier molecular flexibility index (Phi) is 1.38. The predicted molar refractivity (Wildman–Crippen MR) is 48.0 cm³/mol. The summed E-state index contributed by atoms with van der Waals surface area (Å²) in [6.45, 7) is 3.06. The summed E-state index contributed by atoms with van der Waals surface area (Å²) in [5, 5.41) is 0. The fourth-order valence-corrected chi connectivity index (χ4v) is 4.11. The first-order valence-electron chi connectivity index (χ1n) is 5.35. The van der Waals surface area contributed by atoms with Gasteiger partial charge in [-0.15, -0.1) is 0 Å². The van der Waals surface area contributed by atoms with Crippen LogP contribution in [-0.4, -0.2) is 12.6 Å². The number of cyclic esters (lactones) is 1. The maximum atomic E-state index is 11.2. The van der Waals surface area contributed by atoms with Gasteiger partial charge in [-0.1, -0.05) is 6.92 Å². The normalized spacial score (nSPS) is 53.3. The van der Waals surface area contributed by atoms with E-state index in [4.69, 9.17) is 4.74 Å². The summed E-state index contributed by atoms with van der Waals surface area (Å²) in [6, 6.07) is 0. The summed E-state index contributed by atoms with van der Waals surface area (Å²) in [7, 11) is 0. The van der Waals surface area contributed by atoms with Crippen LogP contribution in [0.1, 0.15) is 32.6 Å². The molecule has 2 heteroatoms. The van der Waals surface area contributed by atoms with Crippen molar-refractivity contribution in [3.63, 3.8) is 0 Å². The van der Waals surface area contributed by atoms with Crippen LogP contribution in [0.2, 0.25) is 0 Å². The summed E-state index contributed by atoms with van der Waals surface area (Å²) >= 11 is 0. The SMILES string of the molecule is CC1CC2CC1[C@@]1(COC(=O)C1)C2. The Morgan fingerprint density at radius 3 is 2.85 bits per heavy atom. The third-order valence-corrected chi connectivity index (χ3v) is 4.48. The number of carbonyl (C=O) groups excluding carboxylic acids is 1. The molecule has 0 aromatic carbocycles. The zero-order valence-electron chi connectivity index (χ0n) is 8.08. The lowest BCUT2D eigenvalue weighted by atomic mass is 9.68. The Balaban J connectivity index is 1.90. The monoisotopic (exact) mass is 180 g/mol. The molecule has 1 saturated heterocycles. The van der Waals surface area contributed by atoms with Crippen molar-refractivity contribution in [3.8, 4) is 0 Å². The van der Waals surface area contributed by atoms with E-state index >= 15 is 0 Å². The summed E-state index contributed by atoms with van der Waals surface area (Å²) in [4.78, 5) is 11.2. The second-order valence-electron chi connectivity index (χ2n) is 5.33. The Morgan fingerprint density at radius 2 is 2.31 bits per heavy atom. The number of hydrogen-bond donors (Lipinski definition) is 0. The first-order chi connectivity index (χ1) is 6.20. The van der Waals surface area contributed by atoms with Crippen molar-refractivity contribution in [2.45, 2.75) is 32.6 Å². The van der Waals surface area contributed by atoms with E-state index in [1.54, 1.807) is 0 Å². The summed E-state index contributed by atoms with van der Waals surface area (Å²) < 4.78 is 5.15. The molecule has 4 atom stereocenters. The van der Waals surface area contributed by atoms with Crippen LogP contribution in [0.5, 0.6) is 0 Å². The lowest BCUT2D eigenvalue weighted by molar-refractivity contribution is -0.137. The van der Waals surface area contributed by atoms with E-state index in [0.717, 1.165) is 24.4 Å². The standard InChI is InChI=1S/C11H16O2/c1-7-2-8-3-9(7)11(4-8)5-10(12)13-6-11/h7-9H,2-6H2,1H3/t7?,8?,9?,11-/m0/s1. The van der Waals surface area contributed by atoms with Crippen LogP contribution in [0, 0.1) is 23.2 Å². The van der Waals surface area contributed by atoms with Crippen molar-refractivity contribution < 1.29 is 9.53 Å². The van der Waals surface area contributed by atoms with E-state index in [2.05, 4.69) is 6.92 Å². The van der Waals surface area contributed by atoms with Crippen LogP contribution in [0.15, 0.2) is 0 Å². The zero-order valence-corrected chi connectivity index (χ0v) is 8.08. The average Bonchev–Trinajstić information content (AvgIpc) is 2.66. The highest BCUT2D eigenvalue weighted by Crippen LogP contribution is 2.61. The third-order valence-electron chi connectivity index (χ3n) is 4.48. The molecule has 2 aliphatic carbocycles. The highest BCUT2D eigenvalue weighted by molar-refractivity contribution is 5.72. The second-order valence-corrected chi connectivity index (χ2v) is 5.33. The van der Waals surface area contributed by atoms with E-state index in [9.17, 15) is 4.79 Å². The van der Waals surface area contributed by atoms with Crippen molar-refractivity contribution in [1.29, 1.82) is 0 Å². The van der Waals surface area contributed by atoms with Gasteiger partial charge in [0.2, 0.25) is 0 Å². The lowest BCUT2D eigenvalue weighted by Crippen LogP contribution is -2.32. The van der Waals surface area contributed by atoms with Crippen LogP contribution in [0.4, 0.5) is 0 Å². The van der Waals surface area contributed by atoms with Crippen molar-refractivity contribution in [3.05, 3.63) is 0 Å². The van der Waals surface area contributed by atoms with Gasteiger partial charge in [0.15, 0.2) is 0 Å². The largest absolute Gasteiger partial charge is 0.465 e. The third kappa shape index (κ3) is 0.918. The molecule has 13 heavy (non-hydrogen) atoms. The Hall–Kier alpha value is -0.530. The number of carbonyl (C=O) groups is 1. The molecule has 1 heterocycles. The van der Waals surface area contributed by atoms with Gasteiger partial charge < -0.3 is 4.74 Å². The fraction of sp³-hybridized carbons (Fsp3) is 0.909. The van der Waals surface area contributed by atoms with Gasteiger partial charge in [0, 0.05) is 5.41 Å². The smallest absolute Gasteiger partial charge is 0.306 e. The van der Waals surface area contributed by atoms with Crippen molar-refractivity contribution >= 4 is 5.97 Å². The van der Waals surface area contributed by atoms with Crippen LogP contribution in [0.3, 0.4) is 0 Å². The number of rotatable bonds is 0. The molecule has 2 bridgehead atoms. The molecule has 1 aliphatic heterocycles. The number of hydrogen-bond acceptors (Lipinski definition) is 2. The van der Waals surface area contributed by atoms with Crippen LogP contribution < -0.4 is 0 Å². The summed E-state index contributed by atoms with van der Waals surface area (Å²) in [5.41, 5.74) is 0.277. The maximum absolute atomic E-state index is 11.2. The number of ether oxygens (including phenoxy) is 1. The zero-order chi connectivity index (χ0) is 9.05. The predicted octanol–water partition coefficient (Wildman–Crippen LogP) is 1.99. The van der Waals surface area contributed by atoms with Crippen LogP contribution >= 0.6 is 0 Å². The molecule has 0 N–H and O–H groups in total. The van der Waals surface area contributed by atoms with Gasteiger partial charge in [-0.3, -0.25) is 4.79 Å². The van der Waals surface area contributed by atoms with E-state index < -0.39 is 0 Å². The minimum absolute atomic E-state index is 0.0414. The van der Waals surface area contributed by atoms with E-state index in [1.165, 1.54) is 19.3 Å². The molecule has 0 radical (unpaired) electrons. The van der Waals surface area contributed by atoms with Gasteiger partial charge in [0.05, 0.1) is 13.0 Å². The molecule has 2 saturated carbocycles. The molecule has 0 amide bonds. The molecule has 3 unspecified atom stereocenters. The molecule has 3 aliphatic rings. The minimum Gasteiger partial charge on any atom is -0.465 e. The van der Waals surface area contributed by atoms with E-state index in [1.807, 2.05) is 0 Å². The van der Waals surface area contributed by atoms with Crippen molar-refractivity contribution in [2.24, 2.45) is 23.2 Å². The van der Waals surface area contributed by atoms with Gasteiger partial charge in [-0.25, -0.2) is 0 Å². The maximum Gasteiger partial charge on any atom is 0.306 e. The van der Waals surface area contributed by atoms with Gasteiger partial charge in [0.1, 0.15) is 0 Å². The highest BCUT2D eigenvalue weighted by atomic mass is 16.5. The molecule has 0 aromatic heterocycles. The van der Waals surface area contributed by atoms with Crippen molar-refractivity contribution in [1.82, 2.24) is 0 Å². The molecule has 3 rings (SSSR count). The van der Waals surface area contributed by atoms with Crippen LogP contribution in [0.25, 0.3) is 0 Å². The number of fused-ring (bicyclic) bond motifs is 3. The van der Waals surface area contributed by atoms with Gasteiger partial charge in [-0.2, -0.15) is 0 Å². The Labute approximate surface area is 78.6 Å². The molecular weight excluding hydrogens is 164 g/mol. The van der Waals surface area contributed by atoms with Crippen molar-refractivity contribution in [2.75, 3.05) is 6.61 Å². The summed E-state index contributed by atoms with van der Waals surface area (Å²) in [6.07, 6.45) is 4.71. The molecule has 3 fully saturated rings. The first kappa shape index (κ1) is 7.84. The summed E-state index contributed by atoms with van der Waals surface area (Å²) in [5.74, 6) is 2.55. The van der Waals surface area contributed by atoms with Gasteiger partial charge >= 0.3 is 5.97 Å². The molecule has 72 valence electrons. The lowest BCUT2D eigenvalue weighted by Gasteiger charge is -2.34. The first-order valence-corrected chi connectivity index (χ1v) is 5.35. The molecule has 2 nitrogen and oxygen atoms in total. The van der Waals surface area contributed by atoms with Crippen LogP contribution in [-0.2, 0) is 9.53 Å². The fourth-order valence-electron chi connectivity index (χ4n) is 4.11. The molecule has 1 spiro atoms. The Morgan fingerprint density at radius 1 is 1.46 bits per heavy atom. The quantitative estimate of drug-likeness (QED) is 0.533. The van der Waals surface area contributed by atoms with E-state index in [0.29, 0.717) is 6.42 Å². The topological polar surface area (TPSA) is 26.3 Å². The Bertz CT molecular complexity index is 261. The minimum atomic E-state index is 0.0414. The average molecular weight is 180 g/mol. The second kappa shape index (κ2) is 2.28. The van der Waals surface area contributed by atoms with Gasteiger partial charge in [-0.05, 0) is 37.0 Å².